The first-order valence-electron chi connectivity index (χ1n) is 9.11. The largest absolute Gasteiger partial charge is 0.495 e. The Kier molecular flexibility index (Phi) is 4.71. The molecule has 1 aliphatic heterocycles. The number of pyridine rings is 2. The van der Waals surface area contributed by atoms with Gasteiger partial charge in [0.2, 0.25) is 0 Å². The predicted octanol–water partition coefficient (Wildman–Crippen LogP) is 3.94. The fraction of sp³-hybridized carbons (Fsp3) is 0.300. The summed E-state index contributed by atoms with van der Waals surface area (Å²) in [5.41, 5.74) is 3.38. The Labute approximate surface area is 170 Å². The molecular weight excluding hydrogens is 399 g/mol. The van der Waals surface area contributed by atoms with E-state index < -0.39 is 18.8 Å². The van der Waals surface area contributed by atoms with Gasteiger partial charge < -0.3 is 4.74 Å². The van der Waals surface area contributed by atoms with Gasteiger partial charge in [-0.2, -0.15) is 18.3 Å². The molecule has 4 heterocycles. The van der Waals surface area contributed by atoms with Crippen LogP contribution in [0.5, 0.6) is 5.75 Å². The van der Waals surface area contributed by atoms with Crippen molar-refractivity contribution >= 4 is 11.6 Å². The van der Waals surface area contributed by atoms with Gasteiger partial charge in [0.25, 0.3) is 5.91 Å². The molecule has 30 heavy (non-hydrogen) atoms. The van der Waals surface area contributed by atoms with Gasteiger partial charge in [-0.25, -0.2) is 4.98 Å². The molecule has 7 nitrogen and oxygen atoms in total. The molecule has 156 valence electrons. The van der Waals surface area contributed by atoms with Crippen LogP contribution >= 0.6 is 0 Å². The van der Waals surface area contributed by atoms with Gasteiger partial charge in [-0.15, -0.1) is 0 Å². The van der Waals surface area contributed by atoms with Gasteiger partial charge in [-0.3, -0.25) is 19.4 Å². The number of hydrogen-bond donors (Lipinski definition) is 0. The molecule has 0 saturated carbocycles. The molecule has 0 bridgehead atoms. The van der Waals surface area contributed by atoms with Crippen LogP contribution in [-0.4, -0.2) is 38.9 Å². The van der Waals surface area contributed by atoms with Gasteiger partial charge in [0.15, 0.2) is 0 Å². The van der Waals surface area contributed by atoms with Crippen molar-refractivity contribution in [2.45, 2.75) is 32.6 Å². The molecule has 1 aliphatic rings. The molecule has 0 aromatic carbocycles. The number of methoxy groups -OCH3 is 1. The standard InChI is InChI=1S/C20H18F3N5O2/c1-11-4-16(13-5-15(30-3)8-24-6-13)26-18-12(2)28(19(29)17(11)18)14-7-25-27(9-14)10-20(21,22)23/h4-9,12H,10H2,1-3H3/t12-/m1/s1. The number of halogens is 3. The maximum absolute atomic E-state index is 13.1. The summed E-state index contributed by atoms with van der Waals surface area (Å²) in [5.74, 6) is 0.264. The van der Waals surface area contributed by atoms with E-state index in [4.69, 9.17) is 4.74 Å². The molecule has 0 spiro atoms. The Morgan fingerprint density at radius 1 is 1.20 bits per heavy atom. The summed E-state index contributed by atoms with van der Waals surface area (Å²) in [6.45, 7) is 2.37. The summed E-state index contributed by atoms with van der Waals surface area (Å²) in [6, 6.07) is 3.12. The third-order valence-electron chi connectivity index (χ3n) is 4.94. The number of carbonyl (C=O) groups excluding carboxylic acids is 1. The Balaban J connectivity index is 1.71. The Bertz CT molecular complexity index is 1130. The van der Waals surface area contributed by atoms with Crippen LogP contribution in [0.4, 0.5) is 18.9 Å². The molecule has 1 atom stereocenters. The highest BCUT2D eigenvalue weighted by molar-refractivity contribution is 6.11. The van der Waals surface area contributed by atoms with Crippen LogP contribution in [0.3, 0.4) is 0 Å². The zero-order valence-electron chi connectivity index (χ0n) is 16.4. The lowest BCUT2D eigenvalue weighted by atomic mass is 10.0. The number of anilines is 1. The summed E-state index contributed by atoms with van der Waals surface area (Å²) in [6.07, 6.45) is 1.31. The number of alkyl halides is 3. The lowest BCUT2D eigenvalue weighted by molar-refractivity contribution is -0.142. The van der Waals surface area contributed by atoms with Crippen LogP contribution in [0.15, 0.2) is 36.9 Å². The molecule has 3 aromatic heterocycles. The molecule has 0 saturated heterocycles. The number of rotatable bonds is 4. The smallest absolute Gasteiger partial charge is 0.408 e. The highest BCUT2D eigenvalue weighted by atomic mass is 19.4. The van der Waals surface area contributed by atoms with Crippen molar-refractivity contribution in [3.05, 3.63) is 53.7 Å². The van der Waals surface area contributed by atoms with Crippen LogP contribution in [0.2, 0.25) is 0 Å². The maximum atomic E-state index is 13.1. The zero-order valence-corrected chi connectivity index (χ0v) is 16.4. The maximum Gasteiger partial charge on any atom is 0.408 e. The van der Waals surface area contributed by atoms with Gasteiger partial charge in [0, 0.05) is 18.0 Å². The van der Waals surface area contributed by atoms with Crippen LogP contribution in [0.25, 0.3) is 11.3 Å². The van der Waals surface area contributed by atoms with E-state index in [1.165, 1.54) is 17.3 Å². The topological polar surface area (TPSA) is 73.1 Å². The molecule has 10 heteroatoms. The fourth-order valence-corrected chi connectivity index (χ4v) is 3.60. The number of aromatic nitrogens is 4. The van der Waals surface area contributed by atoms with Gasteiger partial charge in [0.05, 0.1) is 48.2 Å². The minimum absolute atomic E-state index is 0.291. The molecular formula is C20H18F3N5O2. The van der Waals surface area contributed by atoms with Crippen molar-refractivity contribution < 1.29 is 22.7 Å². The monoisotopic (exact) mass is 417 g/mol. The van der Waals surface area contributed by atoms with Crippen LogP contribution in [0, 0.1) is 6.92 Å². The van der Waals surface area contributed by atoms with E-state index in [1.807, 2.05) is 0 Å². The molecule has 0 fully saturated rings. The SMILES string of the molecule is COc1cncc(-c2cc(C)c3c(n2)[C@@H](C)N(c2cnn(CC(F)(F)F)c2)C3=O)c1. The lowest BCUT2D eigenvalue weighted by Crippen LogP contribution is -2.26. The number of fused-ring (bicyclic) bond motifs is 1. The molecule has 4 rings (SSSR count). The zero-order chi connectivity index (χ0) is 21.6. The summed E-state index contributed by atoms with van der Waals surface area (Å²) in [7, 11) is 1.54. The lowest BCUT2D eigenvalue weighted by Gasteiger charge is -2.19. The summed E-state index contributed by atoms with van der Waals surface area (Å²) < 4.78 is 43.9. The normalized spacial score (nSPS) is 16.1. The highest BCUT2D eigenvalue weighted by Crippen LogP contribution is 2.39. The summed E-state index contributed by atoms with van der Waals surface area (Å²) in [4.78, 5) is 23.3. The number of nitrogens with zero attached hydrogens (tertiary/aromatic N) is 5. The molecule has 0 aliphatic carbocycles. The third-order valence-corrected chi connectivity index (χ3v) is 4.94. The molecule has 1 amide bonds. The first-order chi connectivity index (χ1) is 14.2. The van der Waals surface area contributed by atoms with Gasteiger partial charge in [-0.05, 0) is 31.5 Å². The molecule has 3 aromatic rings. The number of carbonyl (C=O) groups is 1. The average molecular weight is 417 g/mol. The highest BCUT2D eigenvalue weighted by Gasteiger charge is 2.39. The van der Waals surface area contributed by atoms with Crippen molar-refractivity contribution in [2.24, 2.45) is 0 Å². The first kappa shape index (κ1) is 19.9. The number of ether oxygens (including phenoxy) is 1. The van der Waals surface area contributed by atoms with Crippen molar-refractivity contribution in [3.63, 3.8) is 0 Å². The third kappa shape index (κ3) is 3.49. The Hall–Kier alpha value is -3.43. The van der Waals surface area contributed by atoms with Crippen molar-refractivity contribution in [2.75, 3.05) is 12.0 Å². The Morgan fingerprint density at radius 2 is 1.97 bits per heavy atom. The van der Waals surface area contributed by atoms with Gasteiger partial charge in [-0.1, -0.05) is 0 Å². The fourth-order valence-electron chi connectivity index (χ4n) is 3.60. The van der Waals surface area contributed by atoms with E-state index in [0.717, 1.165) is 15.8 Å². The Morgan fingerprint density at radius 3 is 2.67 bits per heavy atom. The van der Waals surface area contributed by atoms with Crippen molar-refractivity contribution in [1.82, 2.24) is 19.7 Å². The average Bonchev–Trinajstić information content (AvgIpc) is 3.22. The minimum Gasteiger partial charge on any atom is -0.495 e. The molecule has 0 N–H and O–H groups in total. The molecule has 0 unspecified atom stereocenters. The van der Waals surface area contributed by atoms with E-state index in [-0.39, 0.29) is 5.91 Å². The van der Waals surface area contributed by atoms with Gasteiger partial charge in [0.1, 0.15) is 12.3 Å². The summed E-state index contributed by atoms with van der Waals surface area (Å²) in [5, 5.41) is 3.74. The molecule has 0 radical (unpaired) electrons. The van der Waals surface area contributed by atoms with Crippen LogP contribution in [0.1, 0.15) is 34.6 Å². The van der Waals surface area contributed by atoms with E-state index in [2.05, 4.69) is 15.1 Å². The van der Waals surface area contributed by atoms with E-state index >= 15 is 0 Å². The predicted molar refractivity (Wildman–Crippen MR) is 102 cm³/mol. The van der Waals surface area contributed by atoms with Crippen molar-refractivity contribution in [1.29, 1.82) is 0 Å². The number of hydrogen-bond acceptors (Lipinski definition) is 5. The van der Waals surface area contributed by atoms with Crippen LogP contribution < -0.4 is 9.64 Å². The second-order valence-corrected chi connectivity index (χ2v) is 7.06. The van der Waals surface area contributed by atoms with Crippen molar-refractivity contribution in [3.8, 4) is 17.0 Å². The van der Waals surface area contributed by atoms with Gasteiger partial charge >= 0.3 is 6.18 Å². The minimum atomic E-state index is -4.40. The summed E-state index contributed by atoms with van der Waals surface area (Å²) >= 11 is 0. The number of amides is 1. The second-order valence-electron chi connectivity index (χ2n) is 7.06. The number of aryl methyl sites for hydroxylation is 1. The quantitative estimate of drug-likeness (QED) is 0.643. The van der Waals surface area contributed by atoms with Crippen LogP contribution in [-0.2, 0) is 6.54 Å². The second kappa shape index (κ2) is 7.12. The van der Waals surface area contributed by atoms with E-state index in [0.29, 0.717) is 28.4 Å². The first-order valence-corrected chi connectivity index (χ1v) is 9.11. The van der Waals surface area contributed by atoms with E-state index in [9.17, 15) is 18.0 Å². The van der Waals surface area contributed by atoms with E-state index in [1.54, 1.807) is 45.5 Å².